The van der Waals surface area contributed by atoms with Crippen molar-refractivity contribution in [3.63, 3.8) is 0 Å². The number of tetrazole rings is 1. The summed E-state index contributed by atoms with van der Waals surface area (Å²) in [6.45, 7) is 3.95. The molecule has 1 saturated heterocycles. The highest BCUT2D eigenvalue weighted by Gasteiger charge is 2.27. The van der Waals surface area contributed by atoms with Crippen LogP contribution < -0.4 is 0 Å². The average Bonchev–Trinajstić information content (AvgIpc) is 2.90. The Labute approximate surface area is 109 Å². The van der Waals surface area contributed by atoms with Crippen LogP contribution in [0.15, 0.2) is 6.33 Å². The van der Waals surface area contributed by atoms with Crippen LogP contribution in [-0.2, 0) is 16.1 Å². The van der Waals surface area contributed by atoms with Crippen LogP contribution in [0.2, 0.25) is 0 Å². The molecule has 9 heteroatoms. The molecule has 1 atom stereocenters. The molecule has 1 amide bonds. The molecule has 1 unspecified atom stereocenters. The van der Waals surface area contributed by atoms with Crippen LogP contribution in [0.4, 0.5) is 0 Å². The number of carbonyl (C=O) groups is 2. The Hall–Kier alpha value is -2.03. The third-order valence-corrected chi connectivity index (χ3v) is 3.26. The molecule has 19 heavy (non-hydrogen) atoms. The van der Waals surface area contributed by atoms with Crippen molar-refractivity contribution in [3.8, 4) is 0 Å². The van der Waals surface area contributed by atoms with Crippen molar-refractivity contribution in [1.29, 1.82) is 0 Å². The zero-order chi connectivity index (χ0) is 13.8. The molecule has 1 aromatic heterocycles. The maximum Gasteiger partial charge on any atom is 0.320 e. The van der Waals surface area contributed by atoms with E-state index in [4.69, 9.17) is 5.11 Å². The highest BCUT2D eigenvalue weighted by Crippen LogP contribution is 2.07. The lowest BCUT2D eigenvalue weighted by molar-refractivity contribution is -0.144. The minimum absolute atomic E-state index is 0.0603. The third-order valence-electron chi connectivity index (χ3n) is 3.26. The summed E-state index contributed by atoms with van der Waals surface area (Å²) in [5, 5.41) is 19.5. The summed E-state index contributed by atoms with van der Waals surface area (Å²) in [4.78, 5) is 26.4. The predicted octanol–water partition coefficient (Wildman–Crippen LogP) is -1.71. The first-order valence-electron chi connectivity index (χ1n) is 6.03. The molecule has 0 radical (unpaired) electrons. The van der Waals surface area contributed by atoms with Crippen molar-refractivity contribution in [1.82, 2.24) is 30.0 Å². The first-order chi connectivity index (χ1) is 9.08. The van der Waals surface area contributed by atoms with E-state index < -0.39 is 12.0 Å². The van der Waals surface area contributed by atoms with E-state index in [0.717, 1.165) is 0 Å². The van der Waals surface area contributed by atoms with Gasteiger partial charge in [0.2, 0.25) is 5.91 Å². The average molecular weight is 268 g/mol. The lowest BCUT2D eigenvalue weighted by atomic mass is 10.2. The van der Waals surface area contributed by atoms with E-state index in [-0.39, 0.29) is 12.5 Å². The molecule has 1 aromatic rings. The number of nitrogens with zero attached hydrogens (tertiary/aromatic N) is 6. The number of carboxylic acid groups (broad SMARTS) is 1. The van der Waals surface area contributed by atoms with Gasteiger partial charge in [-0.2, -0.15) is 0 Å². The quantitative estimate of drug-likeness (QED) is 0.693. The van der Waals surface area contributed by atoms with Crippen molar-refractivity contribution in [3.05, 3.63) is 6.33 Å². The molecular weight excluding hydrogens is 252 g/mol. The van der Waals surface area contributed by atoms with Crippen LogP contribution in [-0.4, -0.2) is 79.2 Å². The van der Waals surface area contributed by atoms with Gasteiger partial charge in [-0.3, -0.25) is 14.5 Å². The molecule has 2 rings (SSSR count). The number of amides is 1. The number of carbonyl (C=O) groups excluding carboxylic acids is 1. The van der Waals surface area contributed by atoms with E-state index in [1.165, 1.54) is 11.0 Å². The summed E-state index contributed by atoms with van der Waals surface area (Å²) in [6, 6.07) is -0.517. The van der Waals surface area contributed by atoms with Crippen molar-refractivity contribution in [2.75, 3.05) is 26.2 Å². The molecule has 1 aliphatic rings. The van der Waals surface area contributed by atoms with Crippen molar-refractivity contribution < 1.29 is 14.7 Å². The SMILES string of the molecule is CC(C(=O)O)N1CCN(C(=O)Cn2cnnn2)CC1. The van der Waals surface area contributed by atoms with Gasteiger partial charge in [0.15, 0.2) is 0 Å². The highest BCUT2D eigenvalue weighted by atomic mass is 16.4. The number of aromatic nitrogens is 4. The standard InChI is InChI=1S/C10H16N6O3/c1-8(10(18)19)14-2-4-15(5-3-14)9(17)6-16-7-11-12-13-16/h7-8H,2-6H2,1H3,(H,18,19). The van der Waals surface area contributed by atoms with Gasteiger partial charge in [0.1, 0.15) is 18.9 Å². The van der Waals surface area contributed by atoms with E-state index in [2.05, 4.69) is 15.5 Å². The van der Waals surface area contributed by atoms with Crippen LogP contribution in [0.5, 0.6) is 0 Å². The molecule has 2 heterocycles. The van der Waals surface area contributed by atoms with Crippen LogP contribution in [0, 0.1) is 0 Å². The van der Waals surface area contributed by atoms with Crippen molar-refractivity contribution in [2.45, 2.75) is 19.5 Å². The summed E-state index contributed by atoms with van der Waals surface area (Å²) < 4.78 is 1.37. The lowest BCUT2D eigenvalue weighted by Gasteiger charge is -2.36. The monoisotopic (exact) mass is 268 g/mol. The Bertz CT molecular complexity index is 440. The fourth-order valence-electron chi connectivity index (χ4n) is 2.01. The maximum absolute atomic E-state index is 12.0. The van der Waals surface area contributed by atoms with Gasteiger partial charge in [0, 0.05) is 26.2 Å². The van der Waals surface area contributed by atoms with Gasteiger partial charge in [-0.1, -0.05) is 0 Å². The Morgan fingerprint density at radius 1 is 1.32 bits per heavy atom. The molecule has 0 aromatic carbocycles. The minimum atomic E-state index is -0.839. The van der Waals surface area contributed by atoms with E-state index >= 15 is 0 Å². The lowest BCUT2D eigenvalue weighted by Crippen LogP contribution is -2.53. The topological polar surface area (TPSA) is 104 Å². The molecule has 1 N–H and O–H groups in total. The van der Waals surface area contributed by atoms with Gasteiger partial charge in [-0.05, 0) is 17.4 Å². The fourth-order valence-corrected chi connectivity index (χ4v) is 2.01. The summed E-state index contributed by atoms with van der Waals surface area (Å²) >= 11 is 0. The van der Waals surface area contributed by atoms with Gasteiger partial charge < -0.3 is 10.0 Å². The molecule has 9 nitrogen and oxygen atoms in total. The molecule has 1 fully saturated rings. The zero-order valence-electron chi connectivity index (χ0n) is 10.6. The van der Waals surface area contributed by atoms with Crippen LogP contribution in [0.1, 0.15) is 6.92 Å². The third kappa shape index (κ3) is 3.25. The Morgan fingerprint density at radius 2 is 2.00 bits per heavy atom. The van der Waals surface area contributed by atoms with Crippen LogP contribution in [0.3, 0.4) is 0 Å². The summed E-state index contributed by atoms with van der Waals surface area (Å²) in [5.74, 6) is -0.900. The van der Waals surface area contributed by atoms with Gasteiger partial charge in [0.25, 0.3) is 0 Å². The number of aliphatic carboxylic acids is 1. The normalized spacial score (nSPS) is 18.3. The maximum atomic E-state index is 12.0. The van der Waals surface area contributed by atoms with Crippen LogP contribution >= 0.6 is 0 Å². The molecule has 104 valence electrons. The molecule has 0 spiro atoms. The second-order valence-corrected chi connectivity index (χ2v) is 4.44. The highest BCUT2D eigenvalue weighted by molar-refractivity contribution is 5.76. The summed E-state index contributed by atoms with van der Waals surface area (Å²) in [7, 11) is 0. The number of rotatable bonds is 4. The molecule has 0 aliphatic carbocycles. The van der Waals surface area contributed by atoms with E-state index in [9.17, 15) is 9.59 Å². The first-order valence-corrected chi connectivity index (χ1v) is 6.03. The number of hydrogen-bond acceptors (Lipinski definition) is 6. The fraction of sp³-hybridized carbons (Fsp3) is 0.700. The van der Waals surface area contributed by atoms with Crippen LogP contribution in [0.25, 0.3) is 0 Å². The largest absolute Gasteiger partial charge is 0.480 e. The Balaban J connectivity index is 1.83. The van der Waals surface area contributed by atoms with E-state index in [0.29, 0.717) is 26.2 Å². The first kappa shape index (κ1) is 13.4. The molecule has 0 saturated carbocycles. The Kier molecular flexibility index (Phi) is 4.05. The van der Waals surface area contributed by atoms with Gasteiger partial charge in [0.05, 0.1) is 0 Å². The Morgan fingerprint density at radius 3 is 2.53 bits per heavy atom. The minimum Gasteiger partial charge on any atom is -0.480 e. The van der Waals surface area contributed by atoms with Gasteiger partial charge in [-0.25, -0.2) is 4.68 Å². The second kappa shape index (κ2) is 5.74. The van der Waals surface area contributed by atoms with Gasteiger partial charge in [-0.15, -0.1) is 5.10 Å². The molecular formula is C10H16N6O3. The van der Waals surface area contributed by atoms with Crippen molar-refractivity contribution in [2.24, 2.45) is 0 Å². The van der Waals surface area contributed by atoms with E-state index in [1.54, 1.807) is 11.8 Å². The second-order valence-electron chi connectivity index (χ2n) is 4.44. The van der Waals surface area contributed by atoms with Crippen molar-refractivity contribution >= 4 is 11.9 Å². The number of hydrogen-bond donors (Lipinski definition) is 1. The molecule has 1 aliphatic heterocycles. The zero-order valence-corrected chi connectivity index (χ0v) is 10.6. The summed E-state index contributed by atoms with van der Waals surface area (Å²) in [5.41, 5.74) is 0. The number of carboxylic acids is 1. The molecule has 0 bridgehead atoms. The van der Waals surface area contributed by atoms with Gasteiger partial charge >= 0.3 is 5.97 Å². The van der Waals surface area contributed by atoms with E-state index in [1.807, 2.05) is 4.90 Å². The number of piperazine rings is 1. The summed E-state index contributed by atoms with van der Waals surface area (Å²) in [6.07, 6.45) is 1.39. The smallest absolute Gasteiger partial charge is 0.320 e. The predicted molar refractivity (Wildman–Crippen MR) is 63.1 cm³/mol.